The molecule has 1 aliphatic carbocycles. The number of aromatic nitrogens is 2. The molecular weight excluding hydrogens is 495 g/mol. The first-order valence-electron chi connectivity index (χ1n) is 13.7. The van der Waals surface area contributed by atoms with E-state index in [-0.39, 0.29) is 30.5 Å². The number of hydrogen-bond acceptors (Lipinski definition) is 4. The number of nitrogens with zero attached hydrogens (tertiary/aromatic N) is 2. The van der Waals surface area contributed by atoms with Crippen LogP contribution in [0.4, 0.5) is 13.2 Å². The van der Waals surface area contributed by atoms with Crippen LogP contribution in [-0.4, -0.2) is 49.8 Å². The second kappa shape index (κ2) is 12.4. The lowest BCUT2D eigenvalue weighted by Gasteiger charge is -2.35. The van der Waals surface area contributed by atoms with Crippen LogP contribution < -0.4 is 5.32 Å². The van der Waals surface area contributed by atoms with Gasteiger partial charge in [0, 0.05) is 32.8 Å². The summed E-state index contributed by atoms with van der Waals surface area (Å²) in [4.78, 5) is 0. The number of nitrogens with one attached hydrogen (secondary N) is 1. The van der Waals surface area contributed by atoms with Gasteiger partial charge in [-0.1, -0.05) is 50.0 Å². The van der Waals surface area contributed by atoms with E-state index in [0.717, 1.165) is 50.9 Å². The summed E-state index contributed by atoms with van der Waals surface area (Å²) in [6.45, 7) is 8.52. The maximum atomic E-state index is 14.0. The fourth-order valence-corrected chi connectivity index (χ4v) is 6.27. The highest BCUT2D eigenvalue weighted by Gasteiger charge is 2.41. The standard InChI is InChI=1S/C28H42F3N3O2Si/c1-37(2,3)17-16-35-20-34-18-25(28(29,30)31)27(33-34)24-10-7-15-32-26(24)19-36-23-13-11-22(12-14-23)21-8-5-4-6-9-21/h4-6,8-9,18,22-24,26,32H,7,10-17,19-20H2,1-3H3/t22?,23?,24-,26-/m0/s1. The van der Waals surface area contributed by atoms with Crippen LogP contribution >= 0.6 is 0 Å². The Morgan fingerprint density at radius 1 is 1.05 bits per heavy atom. The van der Waals surface area contributed by atoms with Crippen LogP contribution in [0, 0.1) is 0 Å². The molecule has 5 nitrogen and oxygen atoms in total. The molecular formula is C28H42F3N3O2Si. The Balaban J connectivity index is 1.36. The smallest absolute Gasteiger partial charge is 0.377 e. The van der Waals surface area contributed by atoms with Gasteiger partial charge < -0.3 is 14.8 Å². The summed E-state index contributed by atoms with van der Waals surface area (Å²) in [6.07, 6.45) is 2.42. The van der Waals surface area contributed by atoms with Crippen LogP contribution in [0.25, 0.3) is 0 Å². The lowest BCUT2D eigenvalue weighted by molar-refractivity contribution is -0.138. The Bertz CT molecular complexity index is 969. The van der Waals surface area contributed by atoms with Gasteiger partial charge >= 0.3 is 6.18 Å². The summed E-state index contributed by atoms with van der Waals surface area (Å²) >= 11 is 0. The monoisotopic (exact) mass is 537 g/mol. The molecule has 2 heterocycles. The predicted octanol–water partition coefficient (Wildman–Crippen LogP) is 6.79. The highest BCUT2D eigenvalue weighted by molar-refractivity contribution is 6.76. The quantitative estimate of drug-likeness (QED) is 0.268. The molecule has 2 atom stereocenters. The molecule has 1 saturated heterocycles. The minimum Gasteiger partial charge on any atom is -0.377 e. The fraction of sp³-hybridized carbons (Fsp3) is 0.679. The van der Waals surface area contributed by atoms with Crippen molar-refractivity contribution in [2.45, 2.75) is 101 Å². The molecule has 0 amide bonds. The Hall–Kier alpha value is -1.68. The molecule has 1 aliphatic heterocycles. The first-order valence-corrected chi connectivity index (χ1v) is 17.4. The van der Waals surface area contributed by atoms with Crippen molar-refractivity contribution in [3.05, 3.63) is 53.3 Å². The van der Waals surface area contributed by atoms with Gasteiger partial charge in [0.05, 0.1) is 24.0 Å². The summed E-state index contributed by atoms with van der Waals surface area (Å²) in [5, 5.41) is 7.84. The van der Waals surface area contributed by atoms with Gasteiger partial charge in [0.15, 0.2) is 0 Å². The van der Waals surface area contributed by atoms with Crippen molar-refractivity contribution in [1.29, 1.82) is 0 Å². The van der Waals surface area contributed by atoms with Crippen molar-refractivity contribution < 1.29 is 22.6 Å². The Morgan fingerprint density at radius 3 is 2.46 bits per heavy atom. The van der Waals surface area contributed by atoms with E-state index >= 15 is 0 Å². The molecule has 0 spiro atoms. The van der Waals surface area contributed by atoms with Crippen molar-refractivity contribution >= 4 is 8.07 Å². The first-order chi connectivity index (χ1) is 17.6. The molecule has 0 radical (unpaired) electrons. The number of rotatable bonds is 10. The van der Waals surface area contributed by atoms with Crippen molar-refractivity contribution in [1.82, 2.24) is 15.1 Å². The van der Waals surface area contributed by atoms with Gasteiger partial charge in [0.25, 0.3) is 0 Å². The van der Waals surface area contributed by atoms with Gasteiger partial charge in [0.1, 0.15) is 6.73 Å². The van der Waals surface area contributed by atoms with E-state index < -0.39 is 19.8 Å². The summed E-state index contributed by atoms with van der Waals surface area (Å²) in [6, 6.07) is 11.4. The first kappa shape index (κ1) is 28.3. The molecule has 0 unspecified atom stereocenters. The van der Waals surface area contributed by atoms with Crippen molar-refractivity contribution in [2.24, 2.45) is 0 Å². The topological polar surface area (TPSA) is 48.3 Å². The largest absolute Gasteiger partial charge is 0.419 e. The molecule has 2 aromatic rings. The summed E-state index contributed by atoms with van der Waals surface area (Å²) in [7, 11) is -1.27. The lowest BCUT2D eigenvalue weighted by atomic mass is 9.82. The summed E-state index contributed by atoms with van der Waals surface area (Å²) in [5.74, 6) is 0.224. The second-order valence-electron chi connectivity index (χ2n) is 11.8. The SMILES string of the molecule is C[Si](C)(C)CCOCn1cc(C(F)(F)F)c([C@H]2CCCN[C@H]2COC2CCC(c3ccccc3)CC2)n1. The molecule has 206 valence electrons. The molecule has 1 aromatic heterocycles. The second-order valence-corrected chi connectivity index (χ2v) is 17.5. The van der Waals surface area contributed by atoms with Gasteiger partial charge in [-0.05, 0) is 62.6 Å². The van der Waals surface area contributed by atoms with E-state index in [1.165, 1.54) is 10.2 Å². The minimum atomic E-state index is -4.45. The van der Waals surface area contributed by atoms with Crippen LogP contribution in [0.15, 0.2) is 36.5 Å². The Kier molecular flexibility index (Phi) is 9.53. The zero-order chi connectivity index (χ0) is 26.5. The lowest BCUT2D eigenvalue weighted by Crippen LogP contribution is -2.44. The third kappa shape index (κ3) is 8.15. The fourth-order valence-electron chi connectivity index (χ4n) is 5.51. The zero-order valence-corrected chi connectivity index (χ0v) is 23.4. The molecule has 1 N–H and O–H groups in total. The van der Waals surface area contributed by atoms with E-state index in [1.807, 2.05) is 6.07 Å². The highest BCUT2D eigenvalue weighted by atomic mass is 28.3. The van der Waals surface area contributed by atoms with Crippen LogP contribution in [-0.2, 0) is 22.4 Å². The number of halogens is 3. The zero-order valence-electron chi connectivity index (χ0n) is 22.4. The van der Waals surface area contributed by atoms with Gasteiger partial charge in [0.2, 0.25) is 0 Å². The van der Waals surface area contributed by atoms with Crippen LogP contribution in [0.2, 0.25) is 25.7 Å². The Labute approximate surface area is 220 Å². The average Bonchev–Trinajstić information content (AvgIpc) is 3.31. The molecule has 1 saturated carbocycles. The highest BCUT2D eigenvalue weighted by Crippen LogP contribution is 2.39. The maximum Gasteiger partial charge on any atom is 0.419 e. The predicted molar refractivity (Wildman–Crippen MR) is 142 cm³/mol. The third-order valence-electron chi connectivity index (χ3n) is 7.71. The number of alkyl halides is 3. The molecule has 1 aromatic carbocycles. The van der Waals surface area contributed by atoms with Gasteiger partial charge in [-0.25, -0.2) is 4.68 Å². The molecule has 4 rings (SSSR count). The van der Waals surface area contributed by atoms with E-state index in [9.17, 15) is 13.2 Å². The van der Waals surface area contributed by atoms with Crippen molar-refractivity contribution in [3.63, 3.8) is 0 Å². The Morgan fingerprint density at radius 2 is 1.78 bits per heavy atom. The molecule has 9 heteroatoms. The van der Waals surface area contributed by atoms with E-state index in [4.69, 9.17) is 9.47 Å². The number of ether oxygens (including phenoxy) is 2. The molecule has 0 bridgehead atoms. The van der Waals surface area contributed by atoms with Gasteiger partial charge in [-0.3, -0.25) is 0 Å². The number of hydrogen-bond donors (Lipinski definition) is 1. The summed E-state index contributed by atoms with van der Waals surface area (Å²) in [5.41, 5.74) is 0.855. The van der Waals surface area contributed by atoms with E-state index in [0.29, 0.717) is 25.6 Å². The van der Waals surface area contributed by atoms with Gasteiger partial charge in [-0.15, -0.1) is 0 Å². The van der Waals surface area contributed by atoms with Crippen molar-refractivity contribution in [3.8, 4) is 0 Å². The molecule has 2 aliphatic rings. The molecule has 37 heavy (non-hydrogen) atoms. The number of benzene rings is 1. The maximum absolute atomic E-state index is 14.0. The van der Waals surface area contributed by atoms with Gasteiger partial charge in [-0.2, -0.15) is 18.3 Å². The third-order valence-corrected chi connectivity index (χ3v) is 9.41. The van der Waals surface area contributed by atoms with Crippen LogP contribution in [0.3, 0.4) is 0 Å². The van der Waals surface area contributed by atoms with E-state index in [2.05, 4.69) is 54.3 Å². The van der Waals surface area contributed by atoms with Crippen LogP contribution in [0.5, 0.6) is 0 Å². The summed E-state index contributed by atoms with van der Waals surface area (Å²) < 4.78 is 55.3. The minimum absolute atomic E-state index is 0.0412. The molecule has 2 fully saturated rings. The number of piperidine rings is 1. The van der Waals surface area contributed by atoms with E-state index in [1.54, 1.807) is 0 Å². The normalized spacial score (nSPS) is 25.4. The van der Waals surface area contributed by atoms with Crippen molar-refractivity contribution in [2.75, 3.05) is 19.8 Å². The van der Waals surface area contributed by atoms with Crippen LogP contribution in [0.1, 0.15) is 67.2 Å². The average molecular weight is 538 g/mol.